The second-order valence-electron chi connectivity index (χ2n) is 5.53. The Bertz CT molecular complexity index is 162. The van der Waals surface area contributed by atoms with Crippen molar-refractivity contribution in [3.63, 3.8) is 0 Å². The van der Waals surface area contributed by atoms with Gasteiger partial charge in [-0.1, -0.05) is 58.3 Å². The van der Waals surface area contributed by atoms with E-state index in [0.29, 0.717) is 0 Å². The fourth-order valence-corrected chi connectivity index (χ4v) is 2.95. The lowest BCUT2D eigenvalue weighted by Crippen LogP contribution is -2.19. The van der Waals surface area contributed by atoms with Crippen molar-refractivity contribution in [2.75, 3.05) is 0 Å². The van der Waals surface area contributed by atoms with Crippen LogP contribution in [0.1, 0.15) is 71.6 Å². The minimum atomic E-state index is 0.0154. The minimum absolute atomic E-state index is 0.0154. The Hall–Kier alpha value is -0.0800. The summed E-state index contributed by atoms with van der Waals surface area (Å²) in [6.45, 7) is 4.22. The number of rotatable bonds is 7. The standard InChI is InChI=1S/C14H28O2/c1-3-4-5-6-13-7-9-14(10-8-13)11-12(2)16-15/h12-15H,3-11H2,1-2H3. The van der Waals surface area contributed by atoms with Gasteiger partial charge in [0, 0.05) is 0 Å². The lowest BCUT2D eigenvalue weighted by atomic mass is 9.78. The Kier molecular flexibility index (Phi) is 7.06. The molecule has 0 heterocycles. The highest BCUT2D eigenvalue weighted by atomic mass is 17.1. The van der Waals surface area contributed by atoms with Crippen molar-refractivity contribution >= 4 is 0 Å². The maximum Gasteiger partial charge on any atom is 0.0902 e. The Morgan fingerprint density at radius 2 is 1.75 bits per heavy atom. The summed E-state index contributed by atoms with van der Waals surface area (Å²) in [7, 11) is 0. The number of hydrogen-bond donors (Lipinski definition) is 1. The molecule has 1 aliphatic carbocycles. The molecule has 96 valence electrons. The zero-order valence-electron chi connectivity index (χ0n) is 11.0. The lowest BCUT2D eigenvalue weighted by molar-refractivity contribution is -0.277. The zero-order valence-corrected chi connectivity index (χ0v) is 11.0. The van der Waals surface area contributed by atoms with Crippen LogP contribution in [0.25, 0.3) is 0 Å². The van der Waals surface area contributed by atoms with Crippen LogP contribution < -0.4 is 0 Å². The molecule has 1 unspecified atom stereocenters. The third kappa shape index (κ3) is 5.31. The van der Waals surface area contributed by atoms with Gasteiger partial charge >= 0.3 is 0 Å². The van der Waals surface area contributed by atoms with E-state index in [1.54, 1.807) is 0 Å². The van der Waals surface area contributed by atoms with Gasteiger partial charge in [-0.2, -0.15) is 0 Å². The van der Waals surface area contributed by atoms with Crippen LogP contribution in [0.4, 0.5) is 0 Å². The molecule has 0 bridgehead atoms. The molecule has 0 saturated heterocycles. The summed E-state index contributed by atoms with van der Waals surface area (Å²) < 4.78 is 0. The molecule has 1 aliphatic rings. The van der Waals surface area contributed by atoms with Gasteiger partial charge in [0.15, 0.2) is 0 Å². The molecule has 0 aromatic heterocycles. The van der Waals surface area contributed by atoms with E-state index in [2.05, 4.69) is 11.8 Å². The molecule has 1 atom stereocenters. The Labute approximate surface area is 100 Å². The molecule has 1 N–H and O–H groups in total. The normalized spacial score (nSPS) is 27.9. The predicted molar refractivity (Wildman–Crippen MR) is 67.4 cm³/mol. The van der Waals surface area contributed by atoms with E-state index in [-0.39, 0.29) is 6.10 Å². The third-order valence-electron chi connectivity index (χ3n) is 4.03. The van der Waals surface area contributed by atoms with E-state index < -0.39 is 0 Å². The summed E-state index contributed by atoms with van der Waals surface area (Å²) in [4.78, 5) is 4.36. The molecule has 0 aliphatic heterocycles. The van der Waals surface area contributed by atoms with Crippen molar-refractivity contribution in [2.45, 2.75) is 77.7 Å². The maximum atomic E-state index is 8.56. The molecule has 0 amide bonds. The number of unbranched alkanes of at least 4 members (excludes halogenated alkanes) is 2. The van der Waals surface area contributed by atoms with E-state index >= 15 is 0 Å². The first-order chi connectivity index (χ1) is 7.76. The average Bonchev–Trinajstić information content (AvgIpc) is 2.31. The average molecular weight is 228 g/mol. The second-order valence-corrected chi connectivity index (χ2v) is 5.53. The van der Waals surface area contributed by atoms with E-state index in [4.69, 9.17) is 5.26 Å². The molecule has 1 rings (SSSR count). The first-order valence-electron chi connectivity index (χ1n) is 7.06. The SMILES string of the molecule is CCCCCC1CCC(CC(C)OO)CC1. The molecule has 0 aromatic carbocycles. The first-order valence-corrected chi connectivity index (χ1v) is 7.06. The molecule has 0 spiro atoms. The largest absolute Gasteiger partial charge is 0.252 e. The Morgan fingerprint density at radius 3 is 2.31 bits per heavy atom. The fourth-order valence-electron chi connectivity index (χ4n) is 2.95. The van der Waals surface area contributed by atoms with Crippen LogP contribution in [0.3, 0.4) is 0 Å². The van der Waals surface area contributed by atoms with Gasteiger partial charge in [-0.05, 0) is 25.2 Å². The molecule has 2 heteroatoms. The van der Waals surface area contributed by atoms with Crippen molar-refractivity contribution in [1.29, 1.82) is 0 Å². The topological polar surface area (TPSA) is 29.5 Å². The van der Waals surface area contributed by atoms with Gasteiger partial charge in [-0.25, -0.2) is 4.89 Å². The monoisotopic (exact) mass is 228 g/mol. The molecular weight excluding hydrogens is 200 g/mol. The van der Waals surface area contributed by atoms with Gasteiger partial charge < -0.3 is 0 Å². The summed E-state index contributed by atoms with van der Waals surface area (Å²) >= 11 is 0. The third-order valence-corrected chi connectivity index (χ3v) is 4.03. The molecular formula is C14H28O2. The second kappa shape index (κ2) is 8.08. The van der Waals surface area contributed by atoms with E-state index in [1.165, 1.54) is 51.4 Å². The molecule has 16 heavy (non-hydrogen) atoms. The zero-order chi connectivity index (χ0) is 11.8. The molecule has 0 aromatic rings. The first kappa shape index (κ1) is 14.0. The Morgan fingerprint density at radius 1 is 1.12 bits per heavy atom. The summed E-state index contributed by atoms with van der Waals surface area (Å²) in [5, 5.41) is 8.56. The molecule has 1 saturated carbocycles. The van der Waals surface area contributed by atoms with Gasteiger partial charge in [0.05, 0.1) is 6.10 Å². The van der Waals surface area contributed by atoms with Gasteiger partial charge in [0.2, 0.25) is 0 Å². The van der Waals surface area contributed by atoms with Crippen molar-refractivity contribution in [2.24, 2.45) is 11.8 Å². The highest BCUT2D eigenvalue weighted by Gasteiger charge is 2.22. The highest BCUT2D eigenvalue weighted by Crippen LogP contribution is 2.34. The highest BCUT2D eigenvalue weighted by molar-refractivity contribution is 4.74. The predicted octanol–water partition coefficient (Wildman–Crippen LogP) is 4.64. The van der Waals surface area contributed by atoms with Crippen LogP contribution in [0.2, 0.25) is 0 Å². The van der Waals surface area contributed by atoms with Crippen LogP contribution in [-0.4, -0.2) is 11.4 Å². The van der Waals surface area contributed by atoms with E-state index in [0.717, 1.165) is 18.3 Å². The van der Waals surface area contributed by atoms with Crippen molar-refractivity contribution < 1.29 is 10.1 Å². The van der Waals surface area contributed by atoms with Crippen LogP contribution in [0.15, 0.2) is 0 Å². The van der Waals surface area contributed by atoms with Gasteiger partial charge in [-0.3, -0.25) is 5.26 Å². The maximum absolute atomic E-state index is 8.56. The van der Waals surface area contributed by atoms with Crippen molar-refractivity contribution in [3.05, 3.63) is 0 Å². The van der Waals surface area contributed by atoms with Gasteiger partial charge in [0.1, 0.15) is 0 Å². The number of hydrogen-bond acceptors (Lipinski definition) is 2. The van der Waals surface area contributed by atoms with Crippen LogP contribution in [-0.2, 0) is 4.89 Å². The lowest BCUT2D eigenvalue weighted by Gasteiger charge is -2.29. The Balaban J connectivity index is 2.08. The van der Waals surface area contributed by atoms with Gasteiger partial charge in [0.25, 0.3) is 0 Å². The molecule has 2 nitrogen and oxygen atoms in total. The fraction of sp³-hybridized carbons (Fsp3) is 1.00. The summed E-state index contributed by atoms with van der Waals surface area (Å²) in [6.07, 6.45) is 12.1. The van der Waals surface area contributed by atoms with Crippen LogP contribution >= 0.6 is 0 Å². The molecule has 1 fully saturated rings. The van der Waals surface area contributed by atoms with Crippen LogP contribution in [0.5, 0.6) is 0 Å². The summed E-state index contributed by atoms with van der Waals surface area (Å²) in [5.41, 5.74) is 0. The van der Waals surface area contributed by atoms with Crippen LogP contribution in [0, 0.1) is 11.8 Å². The molecule has 0 radical (unpaired) electrons. The smallest absolute Gasteiger partial charge is 0.0902 e. The van der Waals surface area contributed by atoms with Crippen molar-refractivity contribution in [1.82, 2.24) is 0 Å². The minimum Gasteiger partial charge on any atom is -0.252 e. The quantitative estimate of drug-likeness (QED) is 0.391. The van der Waals surface area contributed by atoms with Crippen molar-refractivity contribution in [3.8, 4) is 0 Å². The summed E-state index contributed by atoms with van der Waals surface area (Å²) in [5.74, 6) is 1.76. The summed E-state index contributed by atoms with van der Waals surface area (Å²) in [6, 6.07) is 0. The van der Waals surface area contributed by atoms with Gasteiger partial charge in [-0.15, -0.1) is 0 Å². The van der Waals surface area contributed by atoms with E-state index in [9.17, 15) is 0 Å². The van der Waals surface area contributed by atoms with E-state index in [1.807, 2.05) is 6.92 Å².